The highest BCUT2D eigenvalue weighted by Crippen LogP contribution is 2.42. The molecule has 0 radical (unpaired) electrons. The zero-order chi connectivity index (χ0) is 31.6. The van der Waals surface area contributed by atoms with Gasteiger partial charge in [0.1, 0.15) is 17.1 Å². The van der Waals surface area contributed by atoms with Gasteiger partial charge in [-0.2, -0.15) is 13.2 Å². The molecule has 2 atom stereocenters. The van der Waals surface area contributed by atoms with Crippen LogP contribution in [0.25, 0.3) is 5.70 Å². The molecule has 0 saturated carbocycles. The van der Waals surface area contributed by atoms with E-state index in [1.165, 1.54) is 24.2 Å². The highest BCUT2D eigenvalue weighted by molar-refractivity contribution is 8.04. The summed E-state index contributed by atoms with van der Waals surface area (Å²) in [5, 5.41) is 15.1. The number of carbonyl (C=O) groups excluding carboxylic acids is 1. The van der Waals surface area contributed by atoms with Gasteiger partial charge in [0.15, 0.2) is 17.1 Å². The zero-order valence-corrected chi connectivity index (χ0v) is 25.1. The summed E-state index contributed by atoms with van der Waals surface area (Å²) in [6.07, 6.45) is 1.98. The highest BCUT2D eigenvalue weighted by Gasteiger charge is 2.38. The van der Waals surface area contributed by atoms with E-state index in [2.05, 4.69) is 32.4 Å². The molecule has 15 heteroatoms. The fraction of sp³-hybridized carbons (Fsp3) is 0.517. The smallest absolute Gasteiger partial charge is 0.420 e. The van der Waals surface area contributed by atoms with Crippen LogP contribution in [0.2, 0.25) is 0 Å². The number of thioether (sulfide) groups is 1. The lowest BCUT2D eigenvalue weighted by Crippen LogP contribution is -2.40. The van der Waals surface area contributed by atoms with Crippen LogP contribution in [0.4, 0.5) is 23.4 Å². The lowest BCUT2D eigenvalue weighted by Gasteiger charge is -2.33. The van der Waals surface area contributed by atoms with Crippen LogP contribution in [-0.4, -0.2) is 76.7 Å². The van der Waals surface area contributed by atoms with Crippen molar-refractivity contribution >= 4 is 35.2 Å². The number of aromatic nitrogens is 2. The van der Waals surface area contributed by atoms with E-state index in [1.807, 2.05) is 4.90 Å². The second-order valence-electron chi connectivity index (χ2n) is 11.1. The summed E-state index contributed by atoms with van der Waals surface area (Å²) in [6, 6.07) is 2.12. The molecule has 0 bridgehead atoms. The average Bonchev–Trinajstić information content (AvgIpc) is 3.39. The van der Waals surface area contributed by atoms with Crippen molar-refractivity contribution in [3.8, 4) is 5.75 Å². The fourth-order valence-corrected chi connectivity index (χ4v) is 6.91. The van der Waals surface area contributed by atoms with Crippen molar-refractivity contribution in [3.05, 3.63) is 52.1 Å². The van der Waals surface area contributed by atoms with Crippen molar-refractivity contribution in [1.82, 2.24) is 25.5 Å². The lowest BCUT2D eigenvalue weighted by atomic mass is 9.97. The number of halogens is 4. The Kier molecular flexibility index (Phi) is 9.53. The van der Waals surface area contributed by atoms with E-state index in [0.29, 0.717) is 48.9 Å². The molecule has 10 nitrogen and oxygen atoms in total. The molecule has 1 amide bonds. The number of nitrogens with zero attached hydrogens (tertiary/aromatic N) is 4. The molecular formula is C29H34F4N6O4S. The molecular weight excluding hydrogens is 604 g/mol. The molecule has 0 spiro atoms. The van der Waals surface area contributed by atoms with Crippen LogP contribution in [0.1, 0.15) is 60.6 Å². The summed E-state index contributed by atoms with van der Waals surface area (Å²) in [4.78, 5) is 37.7. The van der Waals surface area contributed by atoms with Crippen molar-refractivity contribution in [3.63, 3.8) is 0 Å². The van der Waals surface area contributed by atoms with Gasteiger partial charge in [0, 0.05) is 36.1 Å². The quantitative estimate of drug-likeness (QED) is 0.356. The first kappa shape index (κ1) is 31.8. The van der Waals surface area contributed by atoms with Crippen molar-refractivity contribution in [1.29, 1.82) is 0 Å². The van der Waals surface area contributed by atoms with Gasteiger partial charge in [-0.3, -0.25) is 14.5 Å². The SMILES string of the molecule is COc1c(F)cc(C2=C(CN3CCCCC3C)SC(NC(=O)c3cnc(N4CCC(C(=O)O)CC4)cn3)N2)cc1C(F)(F)F. The molecule has 2 aromatic rings. The number of amides is 1. The van der Waals surface area contributed by atoms with Crippen LogP contribution in [0.3, 0.4) is 0 Å². The molecule has 238 valence electrons. The first-order valence-electron chi connectivity index (χ1n) is 14.4. The van der Waals surface area contributed by atoms with Crippen LogP contribution < -0.4 is 20.3 Å². The number of rotatable bonds is 8. The maximum Gasteiger partial charge on any atom is 0.420 e. The summed E-state index contributed by atoms with van der Waals surface area (Å²) in [6.45, 7) is 4.35. The van der Waals surface area contributed by atoms with Gasteiger partial charge in [-0.15, -0.1) is 0 Å². The molecule has 2 fully saturated rings. The van der Waals surface area contributed by atoms with Gasteiger partial charge in [-0.05, 0) is 51.3 Å². The second kappa shape index (κ2) is 13.2. The molecule has 2 saturated heterocycles. The zero-order valence-electron chi connectivity index (χ0n) is 24.3. The average molecular weight is 639 g/mol. The summed E-state index contributed by atoms with van der Waals surface area (Å²) >= 11 is 1.25. The number of hydrogen-bond acceptors (Lipinski definition) is 9. The topological polar surface area (TPSA) is 120 Å². The molecule has 1 aromatic carbocycles. The largest absolute Gasteiger partial charge is 0.493 e. The van der Waals surface area contributed by atoms with E-state index in [9.17, 15) is 32.3 Å². The minimum Gasteiger partial charge on any atom is -0.493 e. The highest BCUT2D eigenvalue weighted by atomic mass is 32.2. The summed E-state index contributed by atoms with van der Waals surface area (Å²) < 4.78 is 61.1. The molecule has 2 unspecified atom stereocenters. The molecule has 44 heavy (non-hydrogen) atoms. The third-order valence-corrected chi connectivity index (χ3v) is 9.33. The number of carboxylic acids is 1. The Balaban J connectivity index is 1.33. The predicted molar refractivity (Wildman–Crippen MR) is 156 cm³/mol. The van der Waals surface area contributed by atoms with E-state index < -0.39 is 46.6 Å². The first-order chi connectivity index (χ1) is 20.9. The minimum atomic E-state index is -4.85. The number of piperidine rings is 2. The number of aliphatic carboxylic acids is 1. The van der Waals surface area contributed by atoms with Gasteiger partial charge in [-0.1, -0.05) is 18.2 Å². The van der Waals surface area contributed by atoms with E-state index in [1.54, 1.807) is 0 Å². The third-order valence-electron chi connectivity index (χ3n) is 8.24. The number of ether oxygens (including phenoxy) is 1. The number of alkyl halides is 3. The Morgan fingerprint density at radius 2 is 1.89 bits per heavy atom. The van der Waals surface area contributed by atoms with Crippen LogP contribution >= 0.6 is 11.8 Å². The van der Waals surface area contributed by atoms with Gasteiger partial charge in [0.05, 0.1) is 31.1 Å². The molecule has 4 heterocycles. The Bertz CT molecular complexity index is 1420. The molecule has 3 aliphatic rings. The number of nitrogens with one attached hydrogen (secondary N) is 2. The number of hydrogen-bond donors (Lipinski definition) is 3. The van der Waals surface area contributed by atoms with Crippen LogP contribution in [-0.2, 0) is 11.0 Å². The van der Waals surface area contributed by atoms with Gasteiger partial charge in [0.2, 0.25) is 0 Å². The van der Waals surface area contributed by atoms with E-state index in [0.717, 1.165) is 45.0 Å². The van der Waals surface area contributed by atoms with E-state index >= 15 is 0 Å². The van der Waals surface area contributed by atoms with Crippen LogP contribution in [0, 0.1) is 11.7 Å². The van der Waals surface area contributed by atoms with Gasteiger partial charge in [0.25, 0.3) is 5.91 Å². The molecule has 5 rings (SSSR count). The van der Waals surface area contributed by atoms with Crippen molar-refractivity contribution in [2.45, 2.75) is 56.7 Å². The molecule has 3 aliphatic heterocycles. The van der Waals surface area contributed by atoms with E-state index in [4.69, 9.17) is 4.74 Å². The van der Waals surface area contributed by atoms with Crippen molar-refractivity contribution in [2.24, 2.45) is 5.92 Å². The summed E-state index contributed by atoms with van der Waals surface area (Å²) in [7, 11) is 0.988. The number of benzene rings is 1. The van der Waals surface area contributed by atoms with Crippen LogP contribution in [0.15, 0.2) is 29.4 Å². The Hall–Kier alpha value is -3.59. The minimum absolute atomic E-state index is 0.00431. The Morgan fingerprint density at radius 1 is 1.14 bits per heavy atom. The van der Waals surface area contributed by atoms with Gasteiger partial charge >= 0.3 is 12.1 Å². The number of carboxylic acid groups (broad SMARTS) is 1. The predicted octanol–water partition coefficient (Wildman–Crippen LogP) is 4.54. The van der Waals surface area contributed by atoms with Crippen molar-refractivity contribution < 1.29 is 37.0 Å². The number of likely N-dealkylation sites (tertiary alicyclic amines) is 1. The molecule has 3 N–H and O–H groups in total. The summed E-state index contributed by atoms with van der Waals surface area (Å²) in [5.74, 6) is -3.25. The standard InChI is InChI=1S/C29H34F4N6O4S/c1-16-5-3-4-8-39(16)15-22-24(18-11-19(29(31,32)33)25(43-2)20(30)12-18)36-28(44-22)37-26(40)21-13-35-23(14-34-21)38-9-6-17(7-10-38)27(41)42/h11-14,16-17,28,36H,3-10,15H2,1-2H3,(H,37,40)(H,41,42). The molecule has 1 aromatic heterocycles. The fourth-order valence-electron chi connectivity index (χ4n) is 5.75. The maximum atomic E-state index is 14.9. The lowest BCUT2D eigenvalue weighted by molar-refractivity contribution is -0.142. The molecule has 0 aliphatic carbocycles. The number of methoxy groups -OCH3 is 1. The van der Waals surface area contributed by atoms with E-state index in [-0.39, 0.29) is 17.3 Å². The number of carbonyl (C=O) groups is 2. The Labute approximate surface area is 256 Å². The number of anilines is 1. The summed E-state index contributed by atoms with van der Waals surface area (Å²) in [5.41, 5.74) is -1.66. The first-order valence-corrected chi connectivity index (χ1v) is 15.3. The third kappa shape index (κ3) is 7.04. The normalized spacial score (nSPS) is 21.7. The monoisotopic (exact) mass is 638 g/mol. The maximum absolute atomic E-state index is 14.9. The Morgan fingerprint density at radius 3 is 2.50 bits per heavy atom. The van der Waals surface area contributed by atoms with Crippen molar-refractivity contribution in [2.75, 3.05) is 38.2 Å². The second-order valence-corrected chi connectivity index (χ2v) is 12.3. The van der Waals surface area contributed by atoms with Gasteiger partial charge < -0.3 is 25.4 Å². The van der Waals surface area contributed by atoms with Gasteiger partial charge in [-0.25, -0.2) is 14.4 Å². The van der Waals surface area contributed by atoms with Crippen LogP contribution in [0.5, 0.6) is 5.75 Å².